The van der Waals surface area contributed by atoms with Gasteiger partial charge >= 0.3 is 0 Å². The number of phenols is 1. The van der Waals surface area contributed by atoms with Crippen LogP contribution in [0.25, 0.3) is 6.08 Å². The molecule has 1 aromatic carbocycles. The van der Waals surface area contributed by atoms with Gasteiger partial charge in [0.25, 0.3) is 6.47 Å². The van der Waals surface area contributed by atoms with Gasteiger partial charge in [-0.25, -0.2) is 0 Å². The highest BCUT2D eigenvalue weighted by Crippen LogP contribution is 2.68. The van der Waals surface area contributed by atoms with E-state index in [1.54, 1.807) is 19.1 Å². The van der Waals surface area contributed by atoms with Crippen LogP contribution in [-0.4, -0.2) is 45.5 Å². The van der Waals surface area contributed by atoms with Gasteiger partial charge in [0.15, 0.2) is 22.8 Å². The third-order valence-corrected chi connectivity index (χ3v) is 10.4. The SMILES string of the molecule is CC(C)=CCC[C@@]1(C)C=Cc2c(O)c3c(c(CC=C(C)C)c2O1)O[C@]12C(=CC4CC1C(C)(C)OC2(CC=C(C)OC=O)C4=O)C3=O. The fraction of sp³-hybridized carbons (Fsp3) is 0.500. The molecule has 3 aliphatic heterocycles. The summed E-state index contributed by atoms with van der Waals surface area (Å²) in [5.41, 5.74) is -0.687. The lowest BCUT2D eigenvalue weighted by Gasteiger charge is -2.56. The van der Waals surface area contributed by atoms with E-state index in [1.807, 2.05) is 52.8 Å². The average molecular weight is 629 g/mol. The molecule has 4 bridgehead atoms. The largest absolute Gasteiger partial charge is 0.506 e. The third kappa shape index (κ3) is 4.55. The molecule has 2 fully saturated rings. The molecule has 1 saturated carbocycles. The molecule has 1 N–H and O–H groups in total. The van der Waals surface area contributed by atoms with Crippen molar-refractivity contribution in [3.63, 3.8) is 0 Å². The van der Waals surface area contributed by atoms with Crippen molar-refractivity contribution in [2.45, 2.75) is 110 Å². The summed E-state index contributed by atoms with van der Waals surface area (Å²) < 4.78 is 25.7. The predicted molar refractivity (Wildman–Crippen MR) is 174 cm³/mol. The number of phenolic OH excluding ortho intramolecular Hbond substituents is 1. The molecule has 6 aliphatic rings. The molecule has 1 spiro atoms. The Hall–Kier alpha value is -3.91. The summed E-state index contributed by atoms with van der Waals surface area (Å²) in [6.07, 6.45) is 13.8. The Morgan fingerprint density at radius 2 is 1.74 bits per heavy atom. The van der Waals surface area contributed by atoms with Crippen LogP contribution >= 0.6 is 0 Å². The molecule has 0 radical (unpaired) electrons. The normalized spacial score (nSPS) is 31.1. The van der Waals surface area contributed by atoms with Gasteiger partial charge in [-0.1, -0.05) is 29.4 Å². The lowest BCUT2D eigenvalue weighted by molar-refractivity contribution is -0.171. The molecule has 1 aromatic rings. The molecule has 0 amide bonds. The fourth-order valence-electron chi connectivity index (χ4n) is 8.20. The Balaban J connectivity index is 1.58. The second-order valence-corrected chi connectivity index (χ2v) is 14.6. The topological polar surface area (TPSA) is 108 Å². The van der Waals surface area contributed by atoms with Gasteiger partial charge < -0.3 is 24.1 Å². The molecule has 7 rings (SSSR count). The number of Topliss-reactive ketones (excluding diaryl/α,β-unsaturated/α-hetero) is 2. The van der Waals surface area contributed by atoms with E-state index in [0.29, 0.717) is 53.9 Å². The van der Waals surface area contributed by atoms with Crippen molar-refractivity contribution in [1.29, 1.82) is 0 Å². The van der Waals surface area contributed by atoms with E-state index in [9.17, 15) is 19.5 Å². The molecule has 46 heavy (non-hydrogen) atoms. The zero-order valence-electron chi connectivity index (χ0n) is 28.0. The van der Waals surface area contributed by atoms with Crippen LogP contribution in [0.2, 0.25) is 0 Å². The highest BCUT2D eigenvalue weighted by molar-refractivity contribution is 6.19. The number of allylic oxidation sites excluding steroid dienone is 6. The first-order valence-corrected chi connectivity index (χ1v) is 16.1. The van der Waals surface area contributed by atoms with Gasteiger partial charge in [-0.2, -0.15) is 0 Å². The summed E-state index contributed by atoms with van der Waals surface area (Å²) in [4.78, 5) is 40.1. The maximum absolute atomic E-state index is 14.7. The minimum atomic E-state index is -1.55. The zero-order chi connectivity index (χ0) is 33.4. The van der Waals surface area contributed by atoms with Crippen molar-refractivity contribution in [3.05, 3.63) is 69.5 Å². The van der Waals surface area contributed by atoms with Crippen LogP contribution in [0.4, 0.5) is 0 Å². The first-order valence-electron chi connectivity index (χ1n) is 16.1. The quantitative estimate of drug-likeness (QED) is 0.173. The summed E-state index contributed by atoms with van der Waals surface area (Å²) in [6, 6.07) is 0. The maximum Gasteiger partial charge on any atom is 0.298 e. The maximum atomic E-state index is 14.7. The van der Waals surface area contributed by atoms with Gasteiger partial charge in [0.05, 0.1) is 11.2 Å². The fourth-order valence-corrected chi connectivity index (χ4v) is 8.20. The van der Waals surface area contributed by atoms with Crippen LogP contribution in [0.15, 0.2) is 52.9 Å². The first-order chi connectivity index (χ1) is 21.6. The molecule has 1 saturated heterocycles. The summed E-state index contributed by atoms with van der Waals surface area (Å²) >= 11 is 0. The van der Waals surface area contributed by atoms with Gasteiger partial charge in [-0.3, -0.25) is 14.4 Å². The molecule has 0 aromatic heterocycles. The van der Waals surface area contributed by atoms with Crippen molar-refractivity contribution >= 4 is 24.1 Å². The highest BCUT2D eigenvalue weighted by atomic mass is 16.6. The van der Waals surface area contributed by atoms with Crippen LogP contribution in [-0.2, 0) is 25.5 Å². The average Bonchev–Trinajstić information content (AvgIpc) is 3.12. The molecule has 3 aliphatic carbocycles. The standard InChI is InChI=1S/C38H44O8/c1-21(2)10-9-15-36(8)16-14-25-30(40)29-31(41)27-18-24-19-28-35(6,7)46-37(34(24)42,17-13-23(5)43-20-39)38(27,28)45-33(29)26(32(25)44-36)12-11-22(3)4/h10-11,13-14,16,18,20,24,28,40H,9,12,15,17,19H2,1-8H3/t24?,28?,36-,37?,38+/m0/s1. The Bertz CT molecular complexity index is 1690. The van der Waals surface area contributed by atoms with Crippen LogP contribution in [0.3, 0.4) is 0 Å². The number of benzene rings is 1. The lowest BCUT2D eigenvalue weighted by atomic mass is 9.51. The van der Waals surface area contributed by atoms with Crippen LogP contribution in [0.5, 0.6) is 17.2 Å². The molecule has 8 heteroatoms. The van der Waals surface area contributed by atoms with E-state index >= 15 is 0 Å². The second-order valence-electron chi connectivity index (χ2n) is 14.6. The minimum Gasteiger partial charge on any atom is -0.506 e. The van der Waals surface area contributed by atoms with E-state index in [0.717, 1.165) is 12.0 Å². The van der Waals surface area contributed by atoms with Gasteiger partial charge in [0.2, 0.25) is 0 Å². The Morgan fingerprint density at radius 1 is 1.02 bits per heavy atom. The molecule has 8 nitrogen and oxygen atoms in total. The summed E-state index contributed by atoms with van der Waals surface area (Å²) in [7, 11) is 0. The van der Waals surface area contributed by atoms with Crippen molar-refractivity contribution < 1.29 is 38.4 Å². The number of ether oxygens (including phenoxy) is 4. The van der Waals surface area contributed by atoms with E-state index in [2.05, 4.69) is 19.9 Å². The van der Waals surface area contributed by atoms with Crippen molar-refractivity contribution in [2.75, 3.05) is 0 Å². The lowest BCUT2D eigenvalue weighted by Crippen LogP contribution is -2.72. The minimum absolute atomic E-state index is 0.0454. The number of fused-ring (bicyclic) bond motifs is 2. The molecule has 3 unspecified atom stereocenters. The van der Waals surface area contributed by atoms with Crippen LogP contribution in [0, 0.1) is 11.8 Å². The van der Waals surface area contributed by atoms with Crippen molar-refractivity contribution in [1.82, 2.24) is 0 Å². The number of ketones is 2. The Labute approximate surface area is 270 Å². The van der Waals surface area contributed by atoms with Crippen molar-refractivity contribution in [3.8, 4) is 17.2 Å². The zero-order valence-corrected chi connectivity index (χ0v) is 28.0. The monoisotopic (exact) mass is 628 g/mol. The number of hydrogen-bond acceptors (Lipinski definition) is 8. The summed E-state index contributed by atoms with van der Waals surface area (Å²) in [5, 5.41) is 11.8. The van der Waals surface area contributed by atoms with Crippen LogP contribution in [0.1, 0.15) is 103 Å². The predicted octanol–water partition coefficient (Wildman–Crippen LogP) is 7.29. The van der Waals surface area contributed by atoms with E-state index in [1.165, 1.54) is 5.57 Å². The van der Waals surface area contributed by atoms with E-state index in [-0.39, 0.29) is 41.0 Å². The molecule has 5 atom stereocenters. The molecular weight excluding hydrogens is 584 g/mol. The number of aromatic hydroxyl groups is 1. The Morgan fingerprint density at radius 3 is 2.41 bits per heavy atom. The number of carbonyl (C=O) groups excluding carboxylic acids is 3. The summed E-state index contributed by atoms with van der Waals surface area (Å²) in [5.74, 6) is -0.605. The summed E-state index contributed by atoms with van der Waals surface area (Å²) in [6.45, 7) is 16.0. The number of hydrogen-bond donors (Lipinski definition) is 1. The second kappa shape index (κ2) is 10.8. The van der Waals surface area contributed by atoms with Crippen molar-refractivity contribution in [2.24, 2.45) is 11.8 Å². The van der Waals surface area contributed by atoms with E-state index < -0.39 is 28.3 Å². The number of carbonyl (C=O) groups is 3. The highest BCUT2D eigenvalue weighted by Gasteiger charge is 2.81. The molecular formula is C38H44O8. The third-order valence-electron chi connectivity index (χ3n) is 10.4. The number of rotatable bonds is 9. The first kappa shape index (κ1) is 32.0. The van der Waals surface area contributed by atoms with E-state index in [4.69, 9.17) is 18.9 Å². The van der Waals surface area contributed by atoms with Gasteiger partial charge in [-0.05, 0) is 99.3 Å². The van der Waals surface area contributed by atoms with Gasteiger partial charge in [0, 0.05) is 29.4 Å². The smallest absolute Gasteiger partial charge is 0.298 e. The van der Waals surface area contributed by atoms with Crippen LogP contribution < -0.4 is 9.47 Å². The Kier molecular flexibility index (Phi) is 7.54. The molecule has 244 valence electrons. The van der Waals surface area contributed by atoms with Gasteiger partial charge in [0.1, 0.15) is 34.2 Å². The molecule has 3 heterocycles. The van der Waals surface area contributed by atoms with Gasteiger partial charge in [-0.15, -0.1) is 0 Å².